The Morgan fingerprint density at radius 1 is 1.38 bits per heavy atom. The number of amides is 1. The van der Waals surface area contributed by atoms with Gasteiger partial charge in [0.1, 0.15) is 13.2 Å². The highest BCUT2D eigenvalue weighted by Gasteiger charge is 2.25. The molecule has 0 spiro atoms. The maximum Gasteiger partial charge on any atom is 0.255 e. The van der Waals surface area contributed by atoms with E-state index < -0.39 is 6.04 Å². The summed E-state index contributed by atoms with van der Waals surface area (Å²) in [5, 5.41) is 14.5. The molecule has 0 aliphatic carbocycles. The standard InChI is InChI=1S/C14H19N3O4/c1-8(2)11(13(15)17-19)16-14(18)9-4-3-5-10-12(9)21-7-6-20-10/h3-5,8,11,19H,6-7H2,1-2H3,(H2,15,17)(H,16,18). The molecule has 0 radical (unpaired) electrons. The molecular formula is C14H19N3O4. The summed E-state index contributed by atoms with van der Waals surface area (Å²) in [6.07, 6.45) is 0. The van der Waals surface area contributed by atoms with Gasteiger partial charge in [0.25, 0.3) is 5.91 Å². The van der Waals surface area contributed by atoms with Gasteiger partial charge in [-0.1, -0.05) is 25.1 Å². The highest BCUT2D eigenvalue weighted by Crippen LogP contribution is 2.33. The number of amidine groups is 1. The summed E-state index contributed by atoms with van der Waals surface area (Å²) in [5.41, 5.74) is 5.98. The number of benzene rings is 1. The van der Waals surface area contributed by atoms with Crippen LogP contribution in [0.3, 0.4) is 0 Å². The second kappa shape index (κ2) is 6.34. The molecule has 1 heterocycles. The Labute approximate surface area is 122 Å². The highest BCUT2D eigenvalue weighted by molar-refractivity contribution is 6.01. The summed E-state index contributed by atoms with van der Waals surface area (Å²) in [4.78, 5) is 12.4. The summed E-state index contributed by atoms with van der Waals surface area (Å²) in [6.45, 7) is 4.58. The van der Waals surface area contributed by atoms with Crippen molar-refractivity contribution in [3.05, 3.63) is 23.8 Å². The van der Waals surface area contributed by atoms with E-state index >= 15 is 0 Å². The van der Waals surface area contributed by atoms with Crippen LogP contribution in [0.1, 0.15) is 24.2 Å². The fraction of sp³-hybridized carbons (Fsp3) is 0.429. The lowest BCUT2D eigenvalue weighted by molar-refractivity contribution is 0.0927. The first-order chi connectivity index (χ1) is 10.0. The van der Waals surface area contributed by atoms with E-state index in [0.29, 0.717) is 30.3 Å². The largest absolute Gasteiger partial charge is 0.486 e. The van der Waals surface area contributed by atoms with Crippen LogP contribution in [0.4, 0.5) is 0 Å². The molecule has 0 saturated carbocycles. The van der Waals surface area contributed by atoms with Crippen LogP contribution in [-0.2, 0) is 0 Å². The number of oxime groups is 1. The van der Waals surface area contributed by atoms with Crippen molar-refractivity contribution in [2.75, 3.05) is 13.2 Å². The van der Waals surface area contributed by atoms with E-state index in [-0.39, 0.29) is 17.7 Å². The van der Waals surface area contributed by atoms with E-state index in [1.165, 1.54) is 0 Å². The number of nitrogens with two attached hydrogens (primary N) is 1. The SMILES string of the molecule is CC(C)C(NC(=O)c1cccc2c1OCCO2)C(N)=NO. The predicted molar refractivity (Wildman–Crippen MR) is 76.9 cm³/mol. The summed E-state index contributed by atoms with van der Waals surface area (Å²) >= 11 is 0. The number of nitrogens with zero attached hydrogens (tertiary/aromatic N) is 1. The van der Waals surface area contributed by atoms with E-state index in [1.807, 2.05) is 13.8 Å². The van der Waals surface area contributed by atoms with Crippen molar-refractivity contribution in [3.63, 3.8) is 0 Å². The van der Waals surface area contributed by atoms with E-state index in [9.17, 15) is 4.79 Å². The Bertz CT molecular complexity index is 557. The molecule has 2 rings (SSSR count). The average molecular weight is 293 g/mol. The number of carbonyl (C=O) groups is 1. The molecule has 1 amide bonds. The topological polar surface area (TPSA) is 106 Å². The van der Waals surface area contributed by atoms with Gasteiger partial charge in [0.2, 0.25) is 0 Å². The molecular weight excluding hydrogens is 274 g/mol. The number of nitrogens with one attached hydrogen (secondary N) is 1. The first-order valence-corrected chi connectivity index (χ1v) is 6.71. The number of para-hydroxylation sites is 1. The zero-order valence-corrected chi connectivity index (χ0v) is 12.0. The molecule has 0 saturated heterocycles. The van der Waals surface area contributed by atoms with Crippen molar-refractivity contribution in [3.8, 4) is 11.5 Å². The molecule has 7 heteroatoms. The number of carbonyl (C=O) groups excluding carboxylic acids is 1. The van der Waals surface area contributed by atoms with Gasteiger partial charge in [-0.05, 0) is 18.1 Å². The third-order valence-electron chi connectivity index (χ3n) is 3.20. The normalized spacial score (nSPS) is 15.7. The molecule has 0 bridgehead atoms. The van der Waals surface area contributed by atoms with E-state index in [1.54, 1.807) is 18.2 Å². The van der Waals surface area contributed by atoms with Crippen LogP contribution in [0.5, 0.6) is 11.5 Å². The van der Waals surface area contributed by atoms with Gasteiger partial charge in [0.15, 0.2) is 17.3 Å². The van der Waals surface area contributed by atoms with Gasteiger partial charge in [0.05, 0.1) is 11.6 Å². The van der Waals surface area contributed by atoms with E-state index in [2.05, 4.69) is 10.5 Å². The minimum absolute atomic E-state index is 0.0263. The minimum atomic E-state index is -0.567. The van der Waals surface area contributed by atoms with E-state index in [4.69, 9.17) is 20.4 Å². The first kappa shape index (κ1) is 15.0. The van der Waals surface area contributed by atoms with Crippen LogP contribution in [0.15, 0.2) is 23.4 Å². The highest BCUT2D eigenvalue weighted by atomic mass is 16.6. The van der Waals surface area contributed by atoms with Gasteiger partial charge < -0.3 is 25.7 Å². The lowest BCUT2D eigenvalue weighted by Gasteiger charge is -2.23. The molecule has 1 aliphatic heterocycles. The van der Waals surface area contributed by atoms with Crippen LogP contribution in [0.2, 0.25) is 0 Å². The molecule has 1 aromatic carbocycles. The van der Waals surface area contributed by atoms with Crippen LogP contribution < -0.4 is 20.5 Å². The quantitative estimate of drug-likeness (QED) is 0.332. The zero-order valence-electron chi connectivity index (χ0n) is 12.0. The van der Waals surface area contributed by atoms with Crippen molar-refractivity contribution >= 4 is 11.7 Å². The Kier molecular flexibility index (Phi) is 4.52. The Hall–Kier alpha value is -2.44. The maximum absolute atomic E-state index is 12.4. The summed E-state index contributed by atoms with van der Waals surface area (Å²) in [5.74, 6) is 0.534. The molecule has 114 valence electrons. The minimum Gasteiger partial charge on any atom is -0.486 e. The Morgan fingerprint density at radius 2 is 2.10 bits per heavy atom. The van der Waals surface area contributed by atoms with Gasteiger partial charge in [-0.25, -0.2) is 0 Å². The lowest BCUT2D eigenvalue weighted by Crippen LogP contribution is -2.48. The van der Waals surface area contributed by atoms with Gasteiger partial charge in [0, 0.05) is 0 Å². The molecule has 7 nitrogen and oxygen atoms in total. The molecule has 21 heavy (non-hydrogen) atoms. The van der Waals surface area contributed by atoms with Crippen molar-refractivity contribution in [2.45, 2.75) is 19.9 Å². The molecule has 1 unspecified atom stereocenters. The molecule has 0 fully saturated rings. The lowest BCUT2D eigenvalue weighted by atomic mass is 10.0. The van der Waals surface area contributed by atoms with Crippen LogP contribution in [0.25, 0.3) is 0 Å². The second-order valence-corrected chi connectivity index (χ2v) is 5.05. The number of fused-ring (bicyclic) bond motifs is 1. The van der Waals surface area contributed by atoms with Crippen molar-refractivity contribution in [1.29, 1.82) is 0 Å². The fourth-order valence-corrected chi connectivity index (χ4v) is 2.12. The molecule has 1 aromatic rings. The second-order valence-electron chi connectivity index (χ2n) is 5.05. The van der Waals surface area contributed by atoms with Crippen molar-refractivity contribution < 1.29 is 19.5 Å². The van der Waals surface area contributed by atoms with Gasteiger partial charge in [-0.15, -0.1) is 0 Å². The van der Waals surface area contributed by atoms with Crippen molar-refractivity contribution in [1.82, 2.24) is 5.32 Å². The molecule has 1 aliphatic rings. The summed E-state index contributed by atoms with van der Waals surface area (Å²) < 4.78 is 10.9. The Morgan fingerprint density at radius 3 is 2.76 bits per heavy atom. The van der Waals surface area contributed by atoms with Crippen molar-refractivity contribution in [2.24, 2.45) is 16.8 Å². The number of hydrogen-bond donors (Lipinski definition) is 3. The van der Waals surface area contributed by atoms with Gasteiger partial charge in [-0.3, -0.25) is 4.79 Å². The molecule has 4 N–H and O–H groups in total. The number of ether oxygens (including phenoxy) is 2. The third-order valence-corrected chi connectivity index (χ3v) is 3.20. The van der Waals surface area contributed by atoms with Crippen LogP contribution >= 0.6 is 0 Å². The Balaban J connectivity index is 2.24. The van der Waals surface area contributed by atoms with Crippen LogP contribution in [0, 0.1) is 5.92 Å². The molecule has 0 aromatic heterocycles. The number of hydrogen-bond acceptors (Lipinski definition) is 5. The smallest absolute Gasteiger partial charge is 0.255 e. The average Bonchev–Trinajstić information content (AvgIpc) is 2.50. The molecule has 1 atom stereocenters. The first-order valence-electron chi connectivity index (χ1n) is 6.71. The number of rotatable bonds is 4. The van der Waals surface area contributed by atoms with E-state index in [0.717, 1.165) is 0 Å². The third kappa shape index (κ3) is 3.18. The van der Waals surface area contributed by atoms with Gasteiger partial charge in [-0.2, -0.15) is 0 Å². The van der Waals surface area contributed by atoms with Gasteiger partial charge >= 0.3 is 0 Å². The predicted octanol–water partition coefficient (Wildman–Crippen LogP) is 0.959. The monoisotopic (exact) mass is 293 g/mol. The zero-order chi connectivity index (χ0) is 15.4. The summed E-state index contributed by atoms with van der Waals surface area (Å²) in [7, 11) is 0. The maximum atomic E-state index is 12.4. The van der Waals surface area contributed by atoms with Crippen LogP contribution in [-0.4, -0.2) is 36.2 Å². The summed E-state index contributed by atoms with van der Waals surface area (Å²) in [6, 6.07) is 4.54. The fourth-order valence-electron chi connectivity index (χ4n) is 2.12.